The Labute approximate surface area is 245 Å². The highest BCUT2D eigenvalue weighted by Gasteiger charge is 2.27. The predicted octanol–water partition coefficient (Wildman–Crippen LogP) is 6.33. The molecule has 0 radical (unpaired) electrons. The van der Waals surface area contributed by atoms with Crippen molar-refractivity contribution < 1.29 is 14.2 Å². The highest BCUT2D eigenvalue weighted by Crippen LogP contribution is 2.42. The van der Waals surface area contributed by atoms with Crippen molar-refractivity contribution in [3.63, 3.8) is 0 Å². The molecule has 0 spiro atoms. The number of likely N-dealkylation sites (tertiary alicyclic amines) is 1. The summed E-state index contributed by atoms with van der Waals surface area (Å²) in [5.41, 5.74) is 12.6. The third-order valence-corrected chi connectivity index (χ3v) is 8.68. The molecular formula is C33H34ClFN4O2. The Morgan fingerprint density at radius 1 is 0.976 bits per heavy atom. The van der Waals surface area contributed by atoms with Gasteiger partial charge in [-0.25, -0.2) is 14.4 Å². The minimum atomic E-state index is -0.230. The molecule has 6 nitrogen and oxygen atoms in total. The fourth-order valence-electron chi connectivity index (χ4n) is 6.12. The number of nitrogens with two attached hydrogens (primary N) is 1. The molecule has 1 aliphatic carbocycles. The zero-order valence-corrected chi connectivity index (χ0v) is 23.7. The van der Waals surface area contributed by atoms with Crippen LogP contribution in [0.25, 0.3) is 11.1 Å². The van der Waals surface area contributed by atoms with E-state index in [9.17, 15) is 9.50 Å². The van der Waals surface area contributed by atoms with E-state index < -0.39 is 0 Å². The quantitative estimate of drug-likeness (QED) is 0.257. The van der Waals surface area contributed by atoms with Crippen LogP contribution in [0.4, 0.5) is 10.3 Å². The summed E-state index contributed by atoms with van der Waals surface area (Å²) in [6.07, 6.45) is 7.30. The number of nitrogen functional groups attached to an aromatic ring is 1. The largest absolute Gasteiger partial charge is 0.488 e. The van der Waals surface area contributed by atoms with Crippen LogP contribution in [0.15, 0.2) is 67.0 Å². The summed E-state index contributed by atoms with van der Waals surface area (Å²) in [6.45, 7) is 2.66. The summed E-state index contributed by atoms with van der Waals surface area (Å²) in [4.78, 5) is 10.5. The van der Waals surface area contributed by atoms with Crippen LogP contribution >= 0.6 is 11.6 Å². The fourth-order valence-corrected chi connectivity index (χ4v) is 6.38. The average molecular weight is 573 g/mol. The monoisotopic (exact) mass is 572 g/mol. The molecule has 3 N–H and O–H groups in total. The number of rotatable bonds is 8. The molecule has 1 atom stereocenters. The van der Waals surface area contributed by atoms with Crippen LogP contribution in [0.1, 0.15) is 53.0 Å². The van der Waals surface area contributed by atoms with Gasteiger partial charge in [-0.05, 0) is 78.5 Å². The molecule has 1 aliphatic heterocycles. The third-order valence-electron chi connectivity index (χ3n) is 8.33. The van der Waals surface area contributed by atoms with Gasteiger partial charge >= 0.3 is 0 Å². The smallest absolute Gasteiger partial charge is 0.219 e. The molecule has 2 heterocycles. The number of aliphatic hydroxyl groups excluding tert-OH is 1. The van der Waals surface area contributed by atoms with E-state index in [0.29, 0.717) is 18.7 Å². The SMILES string of the molecule is Nc1ncc(COc2cc(C[C@H]3CCc4c(-c5ccccc5F)cccc43)c(Cl)cc2CN2CCC(O)CC2)cn1. The van der Waals surface area contributed by atoms with Crippen molar-refractivity contribution in [1.82, 2.24) is 14.9 Å². The lowest BCUT2D eigenvalue weighted by Crippen LogP contribution is -2.35. The first kappa shape index (κ1) is 27.6. The topological polar surface area (TPSA) is 84.5 Å². The lowest BCUT2D eigenvalue weighted by atomic mass is 9.90. The Morgan fingerprint density at radius 3 is 2.51 bits per heavy atom. The van der Waals surface area contributed by atoms with Gasteiger partial charge in [0.1, 0.15) is 18.2 Å². The van der Waals surface area contributed by atoms with Crippen LogP contribution in [0.5, 0.6) is 5.75 Å². The predicted molar refractivity (Wildman–Crippen MR) is 159 cm³/mol. The first-order valence-electron chi connectivity index (χ1n) is 14.2. The number of aromatic nitrogens is 2. The van der Waals surface area contributed by atoms with Crippen molar-refractivity contribution in [3.8, 4) is 16.9 Å². The van der Waals surface area contributed by atoms with Crippen molar-refractivity contribution >= 4 is 17.5 Å². The second-order valence-corrected chi connectivity index (χ2v) is 11.5. The number of aliphatic hydroxyl groups is 1. The van der Waals surface area contributed by atoms with Crippen molar-refractivity contribution in [2.45, 2.75) is 57.3 Å². The Hall–Kier alpha value is -3.52. The van der Waals surface area contributed by atoms with Gasteiger partial charge in [0.15, 0.2) is 0 Å². The second kappa shape index (κ2) is 12.1. The van der Waals surface area contributed by atoms with Gasteiger partial charge in [-0.3, -0.25) is 4.90 Å². The van der Waals surface area contributed by atoms with E-state index in [2.05, 4.69) is 27.0 Å². The van der Waals surface area contributed by atoms with E-state index in [0.717, 1.165) is 78.2 Å². The minimum absolute atomic E-state index is 0.195. The third kappa shape index (κ3) is 6.22. The zero-order valence-electron chi connectivity index (χ0n) is 22.9. The van der Waals surface area contributed by atoms with Crippen molar-refractivity contribution in [2.75, 3.05) is 18.8 Å². The minimum Gasteiger partial charge on any atom is -0.488 e. The van der Waals surface area contributed by atoms with Crippen molar-refractivity contribution in [2.24, 2.45) is 0 Å². The van der Waals surface area contributed by atoms with Crippen molar-refractivity contribution in [1.29, 1.82) is 0 Å². The molecule has 0 bridgehead atoms. The molecule has 6 rings (SSSR count). The van der Waals surface area contributed by atoms with Gasteiger partial charge in [-0.1, -0.05) is 48.0 Å². The van der Waals surface area contributed by atoms with Crippen LogP contribution in [-0.4, -0.2) is 39.2 Å². The standard InChI is InChI=1S/C33H34ClFN4O2/c34-30-15-24(19-39-12-10-25(40)11-13-39)32(41-20-21-17-37-33(36)38-18-21)16-23(30)14-22-8-9-28-26(22)5-3-6-27(28)29-4-1-2-7-31(29)35/h1-7,15-18,22,25,40H,8-14,19-20H2,(H2,36,37,38)/t22-/m1/s1. The molecule has 0 amide bonds. The van der Waals surface area contributed by atoms with Gasteiger partial charge in [0.05, 0.1) is 6.10 Å². The maximum Gasteiger partial charge on any atom is 0.219 e. The zero-order chi connectivity index (χ0) is 28.3. The Kier molecular flexibility index (Phi) is 8.19. The van der Waals surface area contributed by atoms with E-state index in [4.69, 9.17) is 22.1 Å². The fraction of sp³-hybridized carbons (Fsp3) is 0.333. The number of hydrogen-bond donors (Lipinski definition) is 2. The van der Waals surface area contributed by atoms with Gasteiger partial charge in [0.25, 0.3) is 0 Å². The number of fused-ring (bicyclic) bond motifs is 1. The average Bonchev–Trinajstić information content (AvgIpc) is 3.39. The van der Waals surface area contributed by atoms with Gasteiger partial charge < -0.3 is 15.6 Å². The maximum atomic E-state index is 14.7. The van der Waals surface area contributed by atoms with Gasteiger partial charge in [-0.15, -0.1) is 0 Å². The second-order valence-electron chi connectivity index (χ2n) is 11.1. The number of halogens is 2. The summed E-state index contributed by atoms with van der Waals surface area (Å²) < 4.78 is 21.0. The molecule has 4 aromatic rings. The van der Waals surface area contributed by atoms with Crippen molar-refractivity contribution in [3.05, 3.63) is 106 Å². The molecule has 8 heteroatoms. The Morgan fingerprint density at radius 2 is 1.73 bits per heavy atom. The van der Waals surface area contributed by atoms with E-state index in [1.807, 2.05) is 30.3 Å². The summed E-state index contributed by atoms with van der Waals surface area (Å²) in [7, 11) is 0. The number of ether oxygens (including phenoxy) is 1. The molecular weight excluding hydrogens is 539 g/mol. The van der Waals surface area contributed by atoms with E-state index in [-0.39, 0.29) is 23.8 Å². The number of nitrogens with zero attached hydrogens (tertiary/aromatic N) is 3. The lowest BCUT2D eigenvalue weighted by molar-refractivity contribution is 0.0787. The van der Waals surface area contributed by atoms with E-state index >= 15 is 0 Å². The molecule has 0 unspecified atom stereocenters. The van der Waals surface area contributed by atoms with E-state index in [1.165, 1.54) is 17.2 Å². The number of anilines is 1. The van der Waals surface area contributed by atoms with Crippen LogP contribution in [0.2, 0.25) is 5.02 Å². The number of hydrogen-bond acceptors (Lipinski definition) is 6. The summed E-state index contributed by atoms with van der Waals surface area (Å²) >= 11 is 6.93. The number of benzene rings is 3. The summed E-state index contributed by atoms with van der Waals surface area (Å²) in [5, 5.41) is 10.7. The molecule has 1 fully saturated rings. The Bertz CT molecular complexity index is 1520. The molecule has 0 saturated carbocycles. The molecule has 41 heavy (non-hydrogen) atoms. The van der Waals surface area contributed by atoms with Crippen LogP contribution in [0.3, 0.4) is 0 Å². The highest BCUT2D eigenvalue weighted by molar-refractivity contribution is 6.31. The molecule has 212 valence electrons. The summed E-state index contributed by atoms with van der Waals surface area (Å²) in [5.74, 6) is 1.10. The van der Waals surface area contributed by atoms with Crippen LogP contribution in [-0.2, 0) is 26.0 Å². The highest BCUT2D eigenvalue weighted by atomic mass is 35.5. The number of piperidine rings is 1. The normalized spacial score (nSPS) is 17.5. The van der Waals surface area contributed by atoms with E-state index in [1.54, 1.807) is 18.5 Å². The van der Waals surface area contributed by atoms with Crippen LogP contribution in [0, 0.1) is 5.82 Å². The Balaban J connectivity index is 1.27. The maximum absolute atomic E-state index is 14.7. The van der Waals surface area contributed by atoms with Crippen LogP contribution < -0.4 is 10.5 Å². The summed E-state index contributed by atoms with van der Waals surface area (Å²) in [6, 6.07) is 17.3. The van der Waals surface area contributed by atoms with Gasteiger partial charge in [0.2, 0.25) is 5.95 Å². The molecule has 2 aliphatic rings. The van der Waals surface area contributed by atoms with Gasteiger partial charge in [0, 0.05) is 53.7 Å². The first-order valence-corrected chi connectivity index (χ1v) is 14.6. The molecule has 1 aromatic heterocycles. The molecule has 1 saturated heterocycles. The molecule has 3 aromatic carbocycles. The van der Waals surface area contributed by atoms with Gasteiger partial charge in [-0.2, -0.15) is 0 Å². The first-order chi connectivity index (χ1) is 19.9. The lowest BCUT2D eigenvalue weighted by Gasteiger charge is -2.30.